The Morgan fingerprint density at radius 1 is 1.50 bits per heavy atom. The summed E-state index contributed by atoms with van der Waals surface area (Å²) in [5.74, 6) is -0.400. The second-order valence-electron chi connectivity index (χ2n) is 5.12. The molecule has 20 heavy (non-hydrogen) atoms. The summed E-state index contributed by atoms with van der Waals surface area (Å²) in [5.41, 5.74) is 1.19. The zero-order valence-electron chi connectivity index (χ0n) is 11.1. The van der Waals surface area contributed by atoms with Crippen LogP contribution < -0.4 is 5.32 Å². The van der Waals surface area contributed by atoms with Crippen LogP contribution in [-0.2, 0) is 4.79 Å². The number of rotatable bonds is 5. The molecule has 0 saturated heterocycles. The summed E-state index contributed by atoms with van der Waals surface area (Å²) in [6.07, 6.45) is 4.46. The van der Waals surface area contributed by atoms with E-state index in [4.69, 9.17) is 5.11 Å². The number of nitrogens with one attached hydrogen (secondary N) is 1. The average molecular weight is 276 g/mol. The van der Waals surface area contributed by atoms with Gasteiger partial charge in [0.1, 0.15) is 0 Å². The molecule has 1 saturated carbocycles. The van der Waals surface area contributed by atoms with E-state index >= 15 is 0 Å². The van der Waals surface area contributed by atoms with Gasteiger partial charge < -0.3 is 10.4 Å². The second-order valence-corrected chi connectivity index (χ2v) is 5.12. The molecule has 0 atom stereocenters. The van der Waals surface area contributed by atoms with Crippen LogP contribution in [0.4, 0.5) is 11.4 Å². The number of non-ortho nitro benzene ring substituents is 1. The highest BCUT2D eigenvalue weighted by Crippen LogP contribution is 2.32. The Morgan fingerprint density at radius 2 is 2.20 bits per heavy atom. The molecule has 1 aliphatic carbocycles. The van der Waals surface area contributed by atoms with Gasteiger partial charge in [-0.3, -0.25) is 10.1 Å². The van der Waals surface area contributed by atoms with Gasteiger partial charge in [0.15, 0.2) is 0 Å². The van der Waals surface area contributed by atoms with E-state index in [0.717, 1.165) is 24.6 Å². The van der Waals surface area contributed by atoms with Crippen molar-refractivity contribution in [2.45, 2.75) is 25.8 Å². The highest BCUT2D eigenvalue weighted by Gasteiger charge is 2.25. The minimum absolute atomic E-state index is 0.0532. The van der Waals surface area contributed by atoms with Gasteiger partial charge in [0.05, 0.1) is 4.92 Å². The third kappa shape index (κ3) is 3.34. The SMILES string of the molecule is CC1CC(Nc2ccc([N+](=O)[O-])cc2/C=C/C(=O)O)C1. The third-order valence-corrected chi connectivity index (χ3v) is 3.38. The third-order valence-electron chi connectivity index (χ3n) is 3.38. The maximum absolute atomic E-state index is 10.8. The van der Waals surface area contributed by atoms with Crippen molar-refractivity contribution in [2.24, 2.45) is 5.92 Å². The Hall–Kier alpha value is -2.37. The zero-order chi connectivity index (χ0) is 14.7. The molecule has 106 valence electrons. The first kappa shape index (κ1) is 14.0. The fourth-order valence-corrected chi connectivity index (χ4v) is 2.33. The summed E-state index contributed by atoms with van der Waals surface area (Å²) < 4.78 is 0. The fourth-order valence-electron chi connectivity index (χ4n) is 2.33. The number of benzene rings is 1. The van der Waals surface area contributed by atoms with Crippen LogP contribution in [0.15, 0.2) is 24.3 Å². The van der Waals surface area contributed by atoms with Crippen LogP contribution >= 0.6 is 0 Å². The molecule has 1 aliphatic rings. The lowest BCUT2D eigenvalue weighted by molar-refractivity contribution is -0.384. The number of carboxylic acid groups (broad SMARTS) is 1. The maximum atomic E-state index is 10.8. The van der Waals surface area contributed by atoms with E-state index in [9.17, 15) is 14.9 Å². The van der Waals surface area contributed by atoms with Crippen molar-refractivity contribution in [2.75, 3.05) is 5.32 Å². The number of nitro groups is 1. The molecule has 2 N–H and O–H groups in total. The van der Waals surface area contributed by atoms with Gasteiger partial charge in [-0.25, -0.2) is 4.79 Å². The van der Waals surface area contributed by atoms with E-state index in [0.29, 0.717) is 17.5 Å². The maximum Gasteiger partial charge on any atom is 0.328 e. The molecule has 0 spiro atoms. The van der Waals surface area contributed by atoms with Crippen molar-refractivity contribution in [1.82, 2.24) is 0 Å². The second kappa shape index (κ2) is 5.73. The van der Waals surface area contributed by atoms with Crippen LogP contribution in [0, 0.1) is 16.0 Å². The van der Waals surface area contributed by atoms with Crippen molar-refractivity contribution in [3.8, 4) is 0 Å². The number of hydrogen-bond acceptors (Lipinski definition) is 4. The van der Waals surface area contributed by atoms with Gasteiger partial charge in [0, 0.05) is 35.5 Å². The van der Waals surface area contributed by atoms with Crippen molar-refractivity contribution >= 4 is 23.4 Å². The molecule has 6 nitrogen and oxygen atoms in total. The van der Waals surface area contributed by atoms with E-state index < -0.39 is 10.9 Å². The first-order valence-electron chi connectivity index (χ1n) is 6.41. The molecule has 1 fully saturated rings. The first-order valence-corrected chi connectivity index (χ1v) is 6.41. The Bertz CT molecular complexity index is 562. The lowest BCUT2D eigenvalue weighted by Crippen LogP contribution is -2.33. The quantitative estimate of drug-likeness (QED) is 0.490. The number of hydrogen-bond donors (Lipinski definition) is 2. The minimum atomic E-state index is -1.08. The van der Waals surface area contributed by atoms with Crippen LogP contribution in [0.3, 0.4) is 0 Å². The molecular weight excluding hydrogens is 260 g/mol. The van der Waals surface area contributed by atoms with Gasteiger partial charge >= 0.3 is 5.97 Å². The summed E-state index contributed by atoms with van der Waals surface area (Å²) in [4.78, 5) is 20.9. The molecule has 0 unspecified atom stereocenters. The standard InChI is InChI=1S/C14H16N2O4/c1-9-6-11(7-9)15-13-4-3-12(16(19)20)8-10(13)2-5-14(17)18/h2-5,8-9,11,15H,6-7H2,1H3,(H,17,18)/b5-2+. The number of aliphatic carboxylic acids is 1. The number of nitro benzene ring substituents is 1. The Kier molecular flexibility index (Phi) is 4.02. The lowest BCUT2D eigenvalue weighted by Gasteiger charge is -2.34. The van der Waals surface area contributed by atoms with Crippen LogP contribution in [0.1, 0.15) is 25.3 Å². The topological polar surface area (TPSA) is 92.5 Å². The molecule has 0 aromatic heterocycles. The molecular formula is C14H16N2O4. The van der Waals surface area contributed by atoms with Gasteiger partial charge in [-0.2, -0.15) is 0 Å². The molecule has 0 bridgehead atoms. The molecule has 0 aliphatic heterocycles. The van der Waals surface area contributed by atoms with Gasteiger partial charge in [-0.05, 0) is 30.9 Å². The normalized spacial score (nSPS) is 21.4. The lowest BCUT2D eigenvalue weighted by atomic mass is 9.81. The highest BCUT2D eigenvalue weighted by atomic mass is 16.6. The number of carbonyl (C=O) groups is 1. The van der Waals surface area contributed by atoms with Crippen molar-refractivity contribution in [3.63, 3.8) is 0 Å². The van der Waals surface area contributed by atoms with Crippen molar-refractivity contribution in [3.05, 3.63) is 40.0 Å². The van der Waals surface area contributed by atoms with Crippen molar-refractivity contribution < 1.29 is 14.8 Å². The zero-order valence-corrected chi connectivity index (χ0v) is 11.1. The number of nitrogens with zero attached hydrogens (tertiary/aromatic N) is 1. The van der Waals surface area contributed by atoms with Gasteiger partial charge in [-0.1, -0.05) is 6.92 Å². The molecule has 1 aromatic carbocycles. The molecule has 6 heteroatoms. The van der Waals surface area contributed by atoms with Crippen molar-refractivity contribution in [1.29, 1.82) is 0 Å². The van der Waals surface area contributed by atoms with Gasteiger partial charge in [0.25, 0.3) is 5.69 Å². The first-order chi connectivity index (χ1) is 9.45. The molecule has 2 rings (SSSR count). The Balaban J connectivity index is 2.24. The van der Waals surface area contributed by atoms with E-state index in [1.807, 2.05) is 0 Å². The van der Waals surface area contributed by atoms with E-state index in [1.54, 1.807) is 6.07 Å². The predicted octanol–water partition coefficient (Wildman–Crippen LogP) is 2.90. The summed E-state index contributed by atoms with van der Waals surface area (Å²) >= 11 is 0. The fraction of sp³-hybridized carbons (Fsp3) is 0.357. The summed E-state index contributed by atoms with van der Waals surface area (Å²) in [5, 5.41) is 22.8. The number of anilines is 1. The van der Waals surface area contributed by atoms with Crippen LogP contribution in [0.5, 0.6) is 0 Å². The molecule has 0 heterocycles. The molecule has 0 radical (unpaired) electrons. The summed E-state index contributed by atoms with van der Waals surface area (Å²) in [6, 6.07) is 4.78. The number of carboxylic acids is 1. The van der Waals surface area contributed by atoms with Gasteiger partial charge in [0.2, 0.25) is 0 Å². The summed E-state index contributed by atoms with van der Waals surface area (Å²) in [7, 11) is 0. The van der Waals surface area contributed by atoms with Crippen LogP contribution in [0.25, 0.3) is 6.08 Å². The monoisotopic (exact) mass is 276 g/mol. The Labute approximate surface area is 116 Å². The molecule has 0 amide bonds. The van der Waals surface area contributed by atoms with E-state index in [2.05, 4.69) is 12.2 Å². The smallest absolute Gasteiger partial charge is 0.328 e. The minimum Gasteiger partial charge on any atom is -0.478 e. The average Bonchev–Trinajstić information content (AvgIpc) is 2.35. The van der Waals surface area contributed by atoms with Crippen LogP contribution in [0.2, 0.25) is 0 Å². The van der Waals surface area contributed by atoms with E-state index in [-0.39, 0.29) is 5.69 Å². The van der Waals surface area contributed by atoms with Gasteiger partial charge in [-0.15, -0.1) is 0 Å². The van der Waals surface area contributed by atoms with E-state index in [1.165, 1.54) is 18.2 Å². The molecule has 1 aromatic rings. The summed E-state index contributed by atoms with van der Waals surface area (Å²) in [6.45, 7) is 2.17. The highest BCUT2D eigenvalue weighted by molar-refractivity contribution is 5.87. The van der Waals surface area contributed by atoms with Crippen LogP contribution in [-0.4, -0.2) is 22.0 Å². The Morgan fingerprint density at radius 3 is 2.75 bits per heavy atom. The predicted molar refractivity (Wildman–Crippen MR) is 75.6 cm³/mol. The largest absolute Gasteiger partial charge is 0.478 e.